The molecule has 23 nitrogen and oxygen atoms in total. The molecule has 25 heteroatoms. The molecular formula is C36H36N14O9S2. The fourth-order valence-electron chi connectivity index (χ4n) is 5.61. The fraction of sp³-hybridized carbons (Fsp3) is 0.278. The average molecular weight is 873 g/mol. The Kier molecular flexibility index (Phi) is 12.1. The van der Waals surface area contributed by atoms with Crippen molar-refractivity contribution in [2.45, 2.75) is 58.3 Å². The van der Waals surface area contributed by atoms with Crippen LogP contribution in [0.25, 0.3) is 11.4 Å². The summed E-state index contributed by atoms with van der Waals surface area (Å²) in [5.74, 6) is -3.37. The van der Waals surface area contributed by atoms with E-state index in [0.717, 1.165) is 22.7 Å². The zero-order chi connectivity index (χ0) is 44.4. The molecule has 0 fully saturated rings. The van der Waals surface area contributed by atoms with Gasteiger partial charge < -0.3 is 36.3 Å². The number of rotatable bonds is 15. The van der Waals surface area contributed by atoms with Crippen molar-refractivity contribution in [1.82, 2.24) is 40.0 Å². The van der Waals surface area contributed by atoms with E-state index in [0.29, 0.717) is 21.4 Å². The van der Waals surface area contributed by atoms with E-state index in [1.165, 1.54) is 45.8 Å². The van der Waals surface area contributed by atoms with Crippen molar-refractivity contribution >= 4 is 80.8 Å². The van der Waals surface area contributed by atoms with Crippen molar-refractivity contribution in [3.63, 3.8) is 0 Å². The number of nitrogen functional groups attached to an aromatic ring is 2. The molecule has 7 N–H and O–H groups in total. The molecule has 0 atom stereocenters. The maximum atomic E-state index is 11.8. The summed E-state index contributed by atoms with van der Waals surface area (Å²) in [5.41, 5.74) is 13.0. The summed E-state index contributed by atoms with van der Waals surface area (Å²) >= 11 is 2.03. The predicted molar refractivity (Wildman–Crippen MR) is 218 cm³/mol. The molecule has 0 saturated carbocycles. The quantitative estimate of drug-likeness (QED) is 0.0588. The molecule has 61 heavy (non-hydrogen) atoms. The number of nitrogens with two attached hydrogens (primary N) is 2. The number of carbonyl (C=O) groups is 4. The molecule has 6 aromatic rings. The Morgan fingerprint density at radius 2 is 1.08 bits per heavy atom. The summed E-state index contributed by atoms with van der Waals surface area (Å²) in [6.07, 6.45) is 0. The monoisotopic (exact) mass is 872 g/mol. The first-order chi connectivity index (χ1) is 28.8. The number of ether oxygens (including phenoxy) is 2. The van der Waals surface area contributed by atoms with E-state index in [1.54, 1.807) is 0 Å². The number of azo groups is 2. The lowest BCUT2D eigenvalue weighted by molar-refractivity contribution is -0.121. The number of aliphatic hydroxyl groups is 1. The Balaban J connectivity index is 1.27. The van der Waals surface area contributed by atoms with E-state index in [1.807, 2.05) is 41.5 Å². The number of aromatic nitrogens is 8. The van der Waals surface area contributed by atoms with E-state index in [-0.39, 0.29) is 80.2 Å². The normalized spacial score (nSPS) is 12.6. The number of hydrogen-bond donors (Lipinski definition) is 5. The summed E-state index contributed by atoms with van der Waals surface area (Å²) in [5, 5.41) is 73.5. The molecule has 0 radical (unpaired) electrons. The fourth-order valence-corrected chi connectivity index (χ4v) is 7.21. The number of anilines is 2. The maximum absolute atomic E-state index is 11.8. The largest absolute Gasteiger partial charge is 0.478 e. The van der Waals surface area contributed by atoms with Crippen LogP contribution in [0.15, 0.2) is 56.9 Å². The van der Waals surface area contributed by atoms with Crippen molar-refractivity contribution in [1.29, 1.82) is 0 Å². The topological polar surface area (TPSA) is 336 Å². The van der Waals surface area contributed by atoms with Gasteiger partial charge in [-0.15, -0.1) is 40.9 Å². The first kappa shape index (κ1) is 43.2. The molecule has 0 saturated heterocycles. The number of aromatic carboxylic acids is 2. The van der Waals surface area contributed by atoms with Crippen molar-refractivity contribution in [2.24, 2.45) is 20.5 Å². The predicted octanol–water partition coefficient (Wildman–Crippen LogP) is 5.94. The highest BCUT2D eigenvalue weighted by Crippen LogP contribution is 2.41. The lowest BCUT2D eigenvalue weighted by Gasteiger charge is -2.15. The van der Waals surface area contributed by atoms with Crippen LogP contribution in [-0.4, -0.2) is 86.8 Å². The molecule has 2 aromatic carbocycles. The molecular weight excluding hydrogens is 837 g/mol. The average Bonchev–Trinajstić information content (AvgIpc) is 3.99. The molecule has 0 aliphatic rings. The SMILES string of the molecule is CC(C)(C)c1nn(-c2cc(OC=O)cc(C(=O)O)c2)c(N)c1N=Nc1nnc(C(CO)c2nnc(N=Nc3c(C(C)(C)C)nn(-c4cc(OC=O)cc(C(=O)O)c4)c3N)s2)s1. The van der Waals surface area contributed by atoms with Gasteiger partial charge in [-0.2, -0.15) is 10.2 Å². The number of carboxylic acids is 2. The highest BCUT2D eigenvalue weighted by atomic mass is 32.1. The first-order valence-electron chi connectivity index (χ1n) is 17.7. The molecule has 4 heterocycles. The van der Waals surface area contributed by atoms with Crippen LogP contribution in [0.3, 0.4) is 0 Å². The summed E-state index contributed by atoms with van der Waals surface area (Å²) in [4.78, 5) is 45.6. The second-order valence-electron chi connectivity index (χ2n) is 14.9. The van der Waals surface area contributed by atoms with Gasteiger partial charge in [-0.3, -0.25) is 9.59 Å². The van der Waals surface area contributed by atoms with Crippen LogP contribution in [0, 0.1) is 0 Å². The third-order valence-corrected chi connectivity index (χ3v) is 10.3. The van der Waals surface area contributed by atoms with Crippen LogP contribution < -0.4 is 20.9 Å². The Morgan fingerprint density at radius 3 is 1.41 bits per heavy atom. The van der Waals surface area contributed by atoms with E-state index in [9.17, 15) is 34.5 Å². The summed E-state index contributed by atoms with van der Waals surface area (Å²) < 4.78 is 12.3. The van der Waals surface area contributed by atoms with Gasteiger partial charge >= 0.3 is 11.9 Å². The van der Waals surface area contributed by atoms with Gasteiger partial charge in [-0.1, -0.05) is 64.2 Å². The van der Waals surface area contributed by atoms with E-state index < -0.39 is 35.3 Å². The van der Waals surface area contributed by atoms with Crippen LogP contribution in [0.1, 0.15) is 89.6 Å². The molecule has 4 aromatic heterocycles. The van der Waals surface area contributed by atoms with Gasteiger partial charge in [-0.25, -0.2) is 19.0 Å². The maximum Gasteiger partial charge on any atom is 0.335 e. The minimum Gasteiger partial charge on any atom is -0.478 e. The number of aliphatic hydroxyl groups excluding tert-OH is 1. The molecule has 0 aliphatic carbocycles. The Bertz CT molecular complexity index is 2540. The molecule has 0 unspecified atom stereocenters. The second kappa shape index (κ2) is 17.1. The minimum atomic E-state index is -1.27. The second-order valence-corrected chi connectivity index (χ2v) is 16.9. The third-order valence-electron chi connectivity index (χ3n) is 8.45. The van der Waals surface area contributed by atoms with Gasteiger partial charge in [0.2, 0.25) is 0 Å². The standard InChI is InChI=1S/C36H36N14O9S2/c1-35(2,3)25-23(27(37)49(47-25)18-7-16(31(54)55)9-20(11-18)58-14-52)39-43-33-45-41-29(60-33)22(13-51)30-42-46-34(61-30)44-40-24-26(36(4,5)6)48-50(28(24)38)19-8-17(32(56)57)10-21(12-19)59-15-53/h7-12,14-15,22,51H,13,37-38H2,1-6H3,(H,54,55)(H,56,57). The molecule has 0 spiro atoms. The van der Waals surface area contributed by atoms with Crippen LogP contribution >= 0.6 is 22.7 Å². The molecule has 0 amide bonds. The lowest BCUT2D eigenvalue weighted by Crippen LogP contribution is -2.13. The molecule has 0 aliphatic heterocycles. The third kappa shape index (κ3) is 9.27. The van der Waals surface area contributed by atoms with Gasteiger partial charge in [0.25, 0.3) is 23.2 Å². The van der Waals surface area contributed by atoms with Crippen LogP contribution in [0.2, 0.25) is 0 Å². The zero-order valence-corrected chi connectivity index (χ0v) is 34.7. The molecule has 316 valence electrons. The smallest absolute Gasteiger partial charge is 0.335 e. The van der Waals surface area contributed by atoms with Crippen molar-refractivity contribution in [3.8, 4) is 22.9 Å². The molecule has 0 bridgehead atoms. The van der Waals surface area contributed by atoms with E-state index in [2.05, 4.69) is 51.0 Å². The molecule has 6 rings (SSSR count). The van der Waals surface area contributed by atoms with Crippen LogP contribution in [0.5, 0.6) is 11.5 Å². The van der Waals surface area contributed by atoms with E-state index in [4.69, 9.17) is 20.9 Å². The van der Waals surface area contributed by atoms with Gasteiger partial charge in [-0.05, 0) is 24.3 Å². The Hall–Kier alpha value is -7.38. The van der Waals surface area contributed by atoms with Gasteiger partial charge in [0, 0.05) is 23.0 Å². The van der Waals surface area contributed by atoms with Crippen molar-refractivity contribution < 1.29 is 44.0 Å². The minimum absolute atomic E-state index is 0.0104. The van der Waals surface area contributed by atoms with Gasteiger partial charge in [0.15, 0.2) is 23.0 Å². The highest BCUT2D eigenvalue weighted by molar-refractivity contribution is 7.16. The first-order valence-corrected chi connectivity index (χ1v) is 19.3. The summed E-state index contributed by atoms with van der Waals surface area (Å²) in [6, 6.07) is 7.77. The lowest BCUT2D eigenvalue weighted by atomic mass is 9.91. The number of carboxylic acid groups (broad SMARTS) is 2. The zero-order valence-electron chi connectivity index (χ0n) is 33.0. The number of hydrogen-bond acceptors (Lipinski definition) is 21. The Labute approximate surface area is 352 Å². The van der Waals surface area contributed by atoms with Crippen molar-refractivity contribution in [2.75, 3.05) is 18.1 Å². The summed E-state index contributed by atoms with van der Waals surface area (Å²) in [6.45, 7) is 11.1. The van der Waals surface area contributed by atoms with Crippen LogP contribution in [0.4, 0.5) is 33.3 Å². The summed E-state index contributed by atoms with van der Waals surface area (Å²) in [7, 11) is 0. The van der Waals surface area contributed by atoms with Gasteiger partial charge in [0.1, 0.15) is 21.5 Å². The number of carbonyl (C=O) groups excluding carboxylic acids is 2. The Morgan fingerprint density at radius 1 is 0.689 bits per heavy atom. The highest BCUT2D eigenvalue weighted by Gasteiger charge is 2.30. The van der Waals surface area contributed by atoms with Crippen LogP contribution in [-0.2, 0) is 20.4 Å². The number of benzene rings is 2. The van der Waals surface area contributed by atoms with Gasteiger partial charge in [0.05, 0.1) is 46.4 Å². The van der Waals surface area contributed by atoms with E-state index >= 15 is 0 Å². The van der Waals surface area contributed by atoms with Crippen molar-refractivity contribution in [3.05, 3.63) is 68.9 Å². The number of nitrogens with zero attached hydrogens (tertiary/aromatic N) is 12.